The topological polar surface area (TPSA) is 80.9 Å². The minimum absolute atomic E-state index is 0.506. The van der Waals surface area contributed by atoms with Crippen molar-refractivity contribution in [1.82, 2.24) is 0 Å². The molecule has 0 spiro atoms. The Kier molecular flexibility index (Phi) is 3.17. The lowest BCUT2D eigenvalue weighted by Gasteiger charge is -2.07. The lowest BCUT2D eigenvalue weighted by atomic mass is 10.2. The fraction of sp³-hybridized carbons (Fsp3) is 0.111. The van der Waals surface area contributed by atoms with Crippen molar-refractivity contribution < 1.29 is 4.74 Å². The quantitative estimate of drug-likeness (QED) is 0.554. The van der Waals surface area contributed by atoms with Crippen LogP contribution in [0.4, 0.5) is 11.4 Å². The zero-order chi connectivity index (χ0) is 10.4. The first kappa shape index (κ1) is 9.69. The van der Waals surface area contributed by atoms with Gasteiger partial charge in [-0.25, -0.2) is 0 Å². The number of ether oxygens (including phenoxy) is 1. The van der Waals surface area contributed by atoms with Crippen LogP contribution in [-0.4, -0.2) is 7.11 Å². The molecule has 70 valence electrons. The summed E-state index contributed by atoms with van der Waals surface area (Å²) in [7, 11) is 1.49. The molecule has 1 aromatic rings. The van der Waals surface area contributed by atoms with Crippen molar-refractivity contribution >= 4 is 11.4 Å². The molecule has 0 aliphatic rings. The van der Waals surface area contributed by atoms with Gasteiger partial charge in [-0.2, -0.15) is 10.5 Å². The van der Waals surface area contributed by atoms with Gasteiger partial charge >= 0.3 is 0 Å². The minimum Gasteiger partial charge on any atom is -0.494 e. The van der Waals surface area contributed by atoms with Crippen molar-refractivity contribution in [3.05, 3.63) is 18.2 Å². The molecule has 0 radical (unpaired) electrons. The van der Waals surface area contributed by atoms with Gasteiger partial charge in [-0.15, -0.1) is 0 Å². The van der Waals surface area contributed by atoms with Gasteiger partial charge in [0, 0.05) is 6.07 Å². The van der Waals surface area contributed by atoms with E-state index in [4.69, 9.17) is 15.3 Å². The van der Waals surface area contributed by atoms with Gasteiger partial charge in [0.15, 0.2) is 12.4 Å². The highest BCUT2D eigenvalue weighted by atomic mass is 16.5. The SMILES string of the molecule is COc1cc(NC#N)ccc1NC#N. The molecule has 0 bridgehead atoms. The molecule has 2 N–H and O–H groups in total. The molecule has 5 heteroatoms. The van der Waals surface area contributed by atoms with Crippen LogP contribution in [0.5, 0.6) is 5.75 Å². The molecule has 0 atom stereocenters. The number of nitrogens with zero attached hydrogens (tertiary/aromatic N) is 2. The molecule has 5 nitrogen and oxygen atoms in total. The first-order valence-electron chi connectivity index (χ1n) is 3.80. The molecule has 1 aromatic carbocycles. The van der Waals surface area contributed by atoms with E-state index in [2.05, 4.69) is 10.6 Å². The molecule has 0 aliphatic carbocycles. The third-order valence-corrected chi connectivity index (χ3v) is 1.59. The summed E-state index contributed by atoms with van der Waals surface area (Å²) in [5, 5.41) is 21.7. The number of nitrogens with one attached hydrogen (secondary N) is 2. The number of benzene rings is 1. The van der Waals surface area contributed by atoms with E-state index in [1.165, 1.54) is 7.11 Å². The Morgan fingerprint density at radius 3 is 2.50 bits per heavy atom. The van der Waals surface area contributed by atoms with Gasteiger partial charge < -0.3 is 4.74 Å². The van der Waals surface area contributed by atoms with Crippen LogP contribution in [0.3, 0.4) is 0 Å². The van der Waals surface area contributed by atoms with Crippen molar-refractivity contribution in [2.45, 2.75) is 0 Å². The summed E-state index contributed by atoms with van der Waals surface area (Å²) in [5.41, 5.74) is 1.19. The Morgan fingerprint density at radius 2 is 1.93 bits per heavy atom. The summed E-state index contributed by atoms with van der Waals surface area (Å²) in [6, 6.07) is 4.95. The molecule has 14 heavy (non-hydrogen) atoms. The van der Waals surface area contributed by atoms with E-state index >= 15 is 0 Å². The summed E-state index contributed by atoms with van der Waals surface area (Å²) in [4.78, 5) is 0. The molecule has 0 aromatic heterocycles. The van der Waals surface area contributed by atoms with Crippen molar-refractivity contribution in [2.24, 2.45) is 0 Å². The predicted molar refractivity (Wildman–Crippen MR) is 51.5 cm³/mol. The second-order valence-electron chi connectivity index (χ2n) is 2.39. The minimum atomic E-state index is 0.506. The van der Waals surface area contributed by atoms with Crippen molar-refractivity contribution in [2.75, 3.05) is 17.7 Å². The van der Waals surface area contributed by atoms with Crippen LogP contribution in [0.15, 0.2) is 18.2 Å². The van der Waals surface area contributed by atoms with Gasteiger partial charge in [0.2, 0.25) is 0 Å². The Labute approximate surface area is 81.5 Å². The van der Waals surface area contributed by atoms with Crippen LogP contribution < -0.4 is 15.4 Å². The molecule has 0 unspecified atom stereocenters. The average molecular weight is 188 g/mol. The Morgan fingerprint density at radius 1 is 1.21 bits per heavy atom. The van der Waals surface area contributed by atoms with E-state index in [9.17, 15) is 0 Å². The number of methoxy groups -OCH3 is 1. The molecule has 0 saturated heterocycles. The van der Waals surface area contributed by atoms with Gasteiger partial charge in [-0.3, -0.25) is 10.6 Å². The molecule has 0 fully saturated rings. The van der Waals surface area contributed by atoms with E-state index in [-0.39, 0.29) is 0 Å². The normalized spacial score (nSPS) is 8.21. The zero-order valence-corrected chi connectivity index (χ0v) is 7.53. The average Bonchev–Trinajstić information content (AvgIpc) is 2.21. The monoisotopic (exact) mass is 188 g/mol. The zero-order valence-electron chi connectivity index (χ0n) is 7.53. The predicted octanol–water partition coefficient (Wildman–Crippen LogP) is 1.48. The smallest absolute Gasteiger partial charge is 0.181 e. The molecular formula is C9H8N4O. The molecular weight excluding hydrogens is 180 g/mol. The Bertz CT molecular complexity index is 402. The van der Waals surface area contributed by atoms with Gasteiger partial charge in [0.1, 0.15) is 5.75 Å². The van der Waals surface area contributed by atoms with Crippen LogP contribution in [0.2, 0.25) is 0 Å². The first-order valence-corrected chi connectivity index (χ1v) is 3.80. The maximum absolute atomic E-state index is 8.43. The number of nitriles is 2. The molecule has 0 saturated carbocycles. The molecule has 0 aliphatic heterocycles. The first-order chi connectivity index (χ1) is 6.81. The molecule has 1 rings (SSSR count). The second-order valence-corrected chi connectivity index (χ2v) is 2.39. The van der Waals surface area contributed by atoms with Crippen LogP contribution in [0.25, 0.3) is 0 Å². The van der Waals surface area contributed by atoms with Crippen LogP contribution in [0.1, 0.15) is 0 Å². The maximum atomic E-state index is 8.43. The number of anilines is 2. The standard InChI is InChI=1S/C9H8N4O/c1-14-9-4-7(12-5-10)2-3-8(9)13-6-11/h2-4,12-13H,1H3. The van der Waals surface area contributed by atoms with Crippen LogP contribution >= 0.6 is 0 Å². The van der Waals surface area contributed by atoms with E-state index in [1.54, 1.807) is 30.6 Å². The summed E-state index contributed by atoms with van der Waals surface area (Å²) in [6.45, 7) is 0. The lowest BCUT2D eigenvalue weighted by molar-refractivity contribution is 0.417. The summed E-state index contributed by atoms with van der Waals surface area (Å²) >= 11 is 0. The highest BCUT2D eigenvalue weighted by molar-refractivity contribution is 5.65. The Balaban J connectivity index is 3.01. The largest absolute Gasteiger partial charge is 0.494 e. The van der Waals surface area contributed by atoms with Crippen molar-refractivity contribution in [3.8, 4) is 18.1 Å². The third-order valence-electron chi connectivity index (χ3n) is 1.59. The lowest BCUT2D eigenvalue weighted by Crippen LogP contribution is -1.95. The highest BCUT2D eigenvalue weighted by Gasteiger charge is 2.02. The molecule has 0 heterocycles. The van der Waals surface area contributed by atoms with E-state index < -0.39 is 0 Å². The van der Waals surface area contributed by atoms with Gasteiger partial charge in [-0.05, 0) is 12.1 Å². The fourth-order valence-electron chi connectivity index (χ4n) is 0.997. The highest BCUT2D eigenvalue weighted by Crippen LogP contribution is 2.27. The van der Waals surface area contributed by atoms with E-state index in [0.717, 1.165) is 0 Å². The van der Waals surface area contributed by atoms with Crippen molar-refractivity contribution in [1.29, 1.82) is 10.5 Å². The van der Waals surface area contributed by atoms with E-state index in [1.807, 2.05) is 0 Å². The summed E-state index contributed by atoms with van der Waals surface area (Å²) in [5.74, 6) is 0.506. The maximum Gasteiger partial charge on any atom is 0.181 e. The second kappa shape index (κ2) is 4.58. The summed E-state index contributed by atoms with van der Waals surface area (Å²) in [6.07, 6.45) is 3.59. The van der Waals surface area contributed by atoms with Crippen LogP contribution in [-0.2, 0) is 0 Å². The number of rotatable bonds is 3. The fourth-order valence-corrected chi connectivity index (χ4v) is 0.997. The Hall–Kier alpha value is -2.40. The van der Waals surface area contributed by atoms with Crippen LogP contribution in [0, 0.1) is 22.9 Å². The van der Waals surface area contributed by atoms with Crippen molar-refractivity contribution in [3.63, 3.8) is 0 Å². The number of hydrogen-bond acceptors (Lipinski definition) is 5. The number of hydrogen-bond donors (Lipinski definition) is 2. The third kappa shape index (κ3) is 2.05. The van der Waals surface area contributed by atoms with Gasteiger partial charge in [0.05, 0.1) is 18.5 Å². The summed E-state index contributed by atoms with van der Waals surface area (Å²) < 4.78 is 5.02. The van der Waals surface area contributed by atoms with Gasteiger partial charge in [-0.1, -0.05) is 0 Å². The molecule has 0 amide bonds. The van der Waals surface area contributed by atoms with Gasteiger partial charge in [0.25, 0.3) is 0 Å². The van der Waals surface area contributed by atoms with E-state index in [0.29, 0.717) is 17.1 Å².